The van der Waals surface area contributed by atoms with Crippen LogP contribution >= 0.6 is 0 Å². The molecule has 1 atom stereocenters. The lowest BCUT2D eigenvalue weighted by atomic mass is 10.0. The van der Waals surface area contributed by atoms with E-state index in [2.05, 4.69) is 22.0 Å². The Kier molecular flexibility index (Phi) is 5.29. The van der Waals surface area contributed by atoms with Crippen molar-refractivity contribution in [2.45, 2.75) is 23.5 Å². The maximum absolute atomic E-state index is 11.8. The van der Waals surface area contributed by atoms with Gasteiger partial charge in [0.05, 0.1) is 5.60 Å². The molecular weight excluding hydrogens is 352 g/mol. The van der Waals surface area contributed by atoms with Crippen LogP contribution in [0.1, 0.15) is 12.0 Å². The van der Waals surface area contributed by atoms with E-state index in [1.165, 1.54) is 23.9 Å². The van der Waals surface area contributed by atoms with Crippen molar-refractivity contribution in [1.82, 2.24) is 9.88 Å². The van der Waals surface area contributed by atoms with E-state index in [9.17, 15) is 13.5 Å². The number of nitrogens with zero attached hydrogens (tertiary/aromatic N) is 3. The zero-order valence-corrected chi connectivity index (χ0v) is 15.6. The van der Waals surface area contributed by atoms with Crippen molar-refractivity contribution in [1.29, 1.82) is 0 Å². The fourth-order valence-electron chi connectivity index (χ4n) is 3.45. The molecule has 2 heterocycles. The van der Waals surface area contributed by atoms with Gasteiger partial charge in [0.1, 0.15) is 10.7 Å². The Labute approximate surface area is 154 Å². The molecule has 1 fully saturated rings. The van der Waals surface area contributed by atoms with Crippen LogP contribution in [0.25, 0.3) is 0 Å². The van der Waals surface area contributed by atoms with Gasteiger partial charge in [-0.05, 0) is 24.1 Å². The van der Waals surface area contributed by atoms with Crippen LogP contribution in [0.3, 0.4) is 0 Å². The number of rotatable bonds is 6. The lowest BCUT2D eigenvalue weighted by Gasteiger charge is -2.30. The van der Waals surface area contributed by atoms with Crippen LogP contribution in [0.2, 0.25) is 0 Å². The summed E-state index contributed by atoms with van der Waals surface area (Å²) in [4.78, 5) is 7.97. The number of likely N-dealkylation sites (tertiary alicyclic amines) is 1. The first kappa shape index (κ1) is 18.8. The molecule has 2 aromatic rings. The van der Waals surface area contributed by atoms with Gasteiger partial charge < -0.3 is 10.0 Å². The third kappa shape index (κ3) is 4.39. The van der Waals surface area contributed by atoms with E-state index in [1.54, 1.807) is 11.9 Å². The predicted molar refractivity (Wildman–Crippen MR) is 100 cm³/mol. The third-order valence-electron chi connectivity index (χ3n) is 4.61. The number of anilines is 1. The molecule has 3 N–H and O–H groups in total. The molecule has 0 amide bonds. The molecule has 1 aromatic carbocycles. The SMILES string of the molecule is CN(CC1(O)CCN(Cc2ccccc2)C1)c1ncccc1S(N)(=O)=O. The van der Waals surface area contributed by atoms with Crippen LogP contribution in [0.5, 0.6) is 0 Å². The number of likely N-dealkylation sites (N-methyl/N-ethyl adjacent to an activating group) is 1. The fourth-order valence-corrected chi connectivity index (χ4v) is 4.18. The second-order valence-electron chi connectivity index (χ2n) is 6.90. The molecule has 3 rings (SSSR count). The first-order valence-electron chi connectivity index (χ1n) is 8.44. The molecule has 7 nitrogen and oxygen atoms in total. The minimum absolute atomic E-state index is 0.0368. The average Bonchev–Trinajstić information content (AvgIpc) is 2.95. The molecular formula is C18H24N4O3S. The molecule has 140 valence electrons. The topological polar surface area (TPSA) is 99.8 Å². The summed E-state index contributed by atoms with van der Waals surface area (Å²) in [5, 5.41) is 16.3. The smallest absolute Gasteiger partial charge is 0.241 e. The highest BCUT2D eigenvalue weighted by Crippen LogP contribution is 2.27. The van der Waals surface area contributed by atoms with E-state index in [1.807, 2.05) is 18.2 Å². The number of aromatic nitrogens is 1. The molecule has 1 aromatic heterocycles. The van der Waals surface area contributed by atoms with Crippen molar-refractivity contribution in [3.63, 3.8) is 0 Å². The number of hydrogen-bond acceptors (Lipinski definition) is 6. The predicted octanol–water partition coefficient (Wildman–Crippen LogP) is 0.802. The molecule has 0 spiro atoms. The maximum atomic E-state index is 11.8. The minimum Gasteiger partial charge on any atom is -0.387 e. The van der Waals surface area contributed by atoms with Crippen molar-refractivity contribution in [3.8, 4) is 0 Å². The summed E-state index contributed by atoms with van der Waals surface area (Å²) < 4.78 is 23.5. The highest BCUT2D eigenvalue weighted by molar-refractivity contribution is 7.89. The minimum atomic E-state index is -3.88. The fraction of sp³-hybridized carbons (Fsp3) is 0.389. The van der Waals surface area contributed by atoms with Gasteiger partial charge in [0.2, 0.25) is 10.0 Å². The average molecular weight is 376 g/mol. The van der Waals surface area contributed by atoms with Gasteiger partial charge in [-0.2, -0.15) is 0 Å². The Bertz CT molecular complexity index is 860. The molecule has 0 aliphatic carbocycles. The van der Waals surface area contributed by atoms with Crippen LogP contribution in [0.15, 0.2) is 53.6 Å². The number of benzene rings is 1. The van der Waals surface area contributed by atoms with Gasteiger partial charge >= 0.3 is 0 Å². The van der Waals surface area contributed by atoms with Gasteiger partial charge in [0.15, 0.2) is 0 Å². The zero-order chi connectivity index (χ0) is 18.8. The highest BCUT2D eigenvalue weighted by Gasteiger charge is 2.37. The van der Waals surface area contributed by atoms with Gasteiger partial charge in [-0.25, -0.2) is 18.5 Å². The van der Waals surface area contributed by atoms with Crippen molar-refractivity contribution >= 4 is 15.8 Å². The number of aliphatic hydroxyl groups is 1. The quantitative estimate of drug-likeness (QED) is 0.774. The van der Waals surface area contributed by atoms with Crippen molar-refractivity contribution < 1.29 is 13.5 Å². The van der Waals surface area contributed by atoms with Crippen LogP contribution in [-0.2, 0) is 16.6 Å². The van der Waals surface area contributed by atoms with E-state index >= 15 is 0 Å². The van der Waals surface area contributed by atoms with Gasteiger partial charge in [-0.15, -0.1) is 0 Å². The van der Waals surface area contributed by atoms with Gasteiger partial charge in [-0.1, -0.05) is 30.3 Å². The molecule has 8 heteroatoms. The number of β-amino-alcohol motifs (C(OH)–C–C–N with tert-alkyl or cyclic N) is 1. The van der Waals surface area contributed by atoms with Crippen LogP contribution in [0.4, 0.5) is 5.82 Å². The third-order valence-corrected chi connectivity index (χ3v) is 5.54. The van der Waals surface area contributed by atoms with Crippen molar-refractivity contribution in [2.75, 3.05) is 31.6 Å². The number of pyridine rings is 1. The van der Waals surface area contributed by atoms with E-state index in [4.69, 9.17) is 5.14 Å². The standard InChI is InChI=1S/C18H24N4O3S/c1-21(17-16(26(19,24)25)8-5-10-20-17)13-18(23)9-11-22(14-18)12-15-6-3-2-4-7-15/h2-8,10,23H,9,11-14H2,1H3,(H2,19,24,25). The summed E-state index contributed by atoms with van der Waals surface area (Å²) in [7, 11) is -2.16. The van der Waals surface area contributed by atoms with Gasteiger partial charge in [0.25, 0.3) is 0 Å². The summed E-state index contributed by atoms with van der Waals surface area (Å²) in [6, 6.07) is 13.1. The summed E-state index contributed by atoms with van der Waals surface area (Å²) in [6.45, 7) is 2.35. The van der Waals surface area contributed by atoms with Crippen LogP contribution < -0.4 is 10.0 Å². The zero-order valence-electron chi connectivity index (χ0n) is 14.7. The number of sulfonamides is 1. The Morgan fingerprint density at radius 2 is 2.00 bits per heavy atom. The van der Waals surface area contributed by atoms with E-state index < -0.39 is 15.6 Å². The summed E-state index contributed by atoms with van der Waals surface area (Å²) >= 11 is 0. The van der Waals surface area contributed by atoms with Crippen molar-refractivity contribution in [3.05, 3.63) is 54.2 Å². The van der Waals surface area contributed by atoms with E-state index in [0.29, 0.717) is 13.0 Å². The molecule has 0 radical (unpaired) electrons. The second kappa shape index (κ2) is 7.32. The second-order valence-corrected chi connectivity index (χ2v) is 8.43. The Balaban J connectivity index is 1.69. The summed E-state index contributed by atoms with van der Waals surface area (Å²) in [5.41, 5.74) is 0.266. The molecule has 1 aliphatic rings. The Hall–Kier alpha value is -2.00. The summed E-state index contributed by atoms with van der Waals surface area (Å²) in [6.07, 6.45) is 2.13. The molecule has 1 saturated heterocycles. The van der Waals surface area contributed by atoms with Crippen LogP contribution in [-0.4, -0.2) is 55.7 Å². The monoisotopic (exact) mass is 376 g/mol. The summed E-state index contributed by atoms with van der Waals surface area (Å²) in [5.74, 6) is 0.255. The van der Waals surface area contributed by atoms with Gasteiger partial charge in [0, 0.05) is 39.4 Å². The first-order valence-corrected chi connectivity index (χ1v) is 9.99. The number of primary sulfonamides is 1. The molecule has 1 aliphatic heterocycles. The molecule has 26 heavy (non-hydrogen) atoms. The Morgan fingerprint density at radius 1 is 1.27 bits per heavy atom. The Morgan fingerprint density at radius 3 is 2.69 bits per heavy atom. The molecule has 0 bridgehead atoms. The van der Waals surface area contributed by atoms with E-state index in [0.717, 1.165) is 13.1 Å². The normalized spacial score (nSPS) is 21.0. The first-order chi connectivity index (χ1) is 12.3. The maximum Gasteiger partial charge on any atom is 0.241 e. The largest absolute Gasteiger partial charge is 0.387 e. The van der Waals surface area contributed by atoms with Gasteiger partial charge in [-0.3, -0.25) is 4.90 Å². The molecule has 1 unspecified atom stereocenters. The number of nitrogens with two attached hydrogens (primary N) is 1. The number of hydrogen-bond donors (Lipinski definition) is 2. The lowest BCUT2D eigenvalue weighted by molar-refractivity contribution is 0.0560. The highest BCUT2D eigenvalue weighted by atomic mass is 32.2. The molecule has 0 saturated carbocycles. The van der Waals surface area contributed by atoms with Crippen molar-refractivity contribution in [2.24, 2.45) is 5.14 Å². The lowest BCUT2D eigenvalue weighted by Crippen LogP contribution is -2.44. The van der Waals surface area contributed by atoms with E-state index in [-0.39, 0.29) is 17.3 Å². The van der Waals surface area contributed by atoms with Crippen LogP contribution in [0, 0.1) is 0 Å².